The third-order valence-electron chi connectivity index (χ3n) is 2.68. The highest BCUT2D eigenvalue weighted by atomic mass is 16.2. The topological polar surface area (TPSA) is 53.6 Å². The maximum atomic E-state index is 12.4. The monoisotopic (exact) mass is 286 g/mol. The van der Waals surface area contributed by atoms with Gasteiger partial charge in [-0.1, -0.05) is 0 Å². The molecule has 1 saturated heterocycles. The van der Waals surface area contributed by atoms with Gasteiger partial charge in [-0.2, -0.15) is 0 Å². The van der Waals surface area contributed by atoms with E-state index in [2.05, 4.69) is 0 Å². The van der Waals surface area contributed by atoms with Gasteiger partial charge in [-0.05, 0) is 42.3 Å². The fourth-order valence-electron chi connectivity index (χ4n) is 2.05. The summed E-state index contributed by atoms with van der Waals surface area (Å²) in [6, 6.07) is -0.486. The number of carbonyl (C=O) groups is 2. The summed E-state index contributed by atoms with van der Waals surface area (Å²) in [6.07, 6.45) is 0. The maximum Gasteiger partial charge on any atom is 0.331 e. The highest BCUT2D eigenvalue weighted by molar-refractivity contribution is 5.95. The fourth-order valence-corrected chi connectivity index (χ4v) is 2.05. The van der Waals surface area contributed by atoms with Crippen LogP contribution in [0.1, 0.15) is 0 Å². The largest absolute Gasteiger partial charge is 0.331 e. The van der Waals surface area contributed by atoms with Gasteiger partial charge in [-0.25, -0.2) is 14.5 Å². The van der Waals surface area contributed by atoms with Crippen molar-refractivity contribution in [3.05, 3.63) is 0 Å². The molecule has 1 aliphatic heterocycles. The highest BCUT2D eigenvalue weighted by Gasteiger charge is 2.37. The molecule has 0 unspecified atom stereocenters. The van der Waals surface area contributed by atoms with E-state index in [1.165, 1.54) is 4.90 Å². The number of urea groups is 2. The predicted molar refractivity (Wildman–Crippen MR) is 76.8 cm³/mol. The summed E-state index contributed by atoms with van der Waals surface area (Å²) >= 11 is 0. The summed E-state index contributed by atoms with van der Waals surface area (Å²) in [7, 11) is 11.3. The minimum absolute atomic E-state index is 0.243. The second kappa shape index (κ2) is 6.87. The lowest BCUT2D eigenvalue weighted by atomic mass is 10.5. The molecule has 8 heteroatoms. The maximum absolute atomic E-state index is 12.4. The average molecular weight is 286 g/mol. The average Bonchev–Trinajstić information content (AvgIpc) is 2.29. The quantitative estimate of drug-likeness (QED) is 0.669. The van der Waals surface area contributed by atoms with Crippen molar-refractivity contribution in [3.8, 4) is 0 Å². The molecular formula is C12H26N6O2. The van der Waals surface area contributed by atoms with Crippen LogP contribution in [0.25, 0.3) is 0 Å². The lowest BCUT2D eigenvalue weighted by Gasteiger charge is -2.43. The molecule has 1 fully saturated rings. The molecule has 1 rings (SSSR count). The Bertz CT molecular complexity index is 330. The van der Waals surface area contributed by atoms with Crippen molar-refractivity contribution in [1.29, 1.82) is 0 Å². The molecule has 20 heavy (non-hydrogen) atoms. The molecule has 116 valence electrons. The van der Waals surface area contributed by atoms with Crippen LogP contribution in [0.2, 0.25) is 0 Å². The van der Waals surface area contributed by atoms with E-state index < -0.39 is 0 Å². The summed E-state index contributed by atoms with van der Waals surface area (Å²) in [4.78, 5) is 35.0. The Morgan fingerprint density at radius 1 is 0.750 bits per heavy atom. The van der Waals surface area contributed by atoms with Crippen molar-refractivity contribution in [3.63, 3.8) is 0 Å². The molecule has 0 aliphatic carbocycles. The van der Waals surface area contributed by atoms with Crippen molar-refractivity contribution < 1.29 is 9.59 Å². The van der Waals surface area contributed by atoms with E-state index >= 15 is 0 Å². The van der Waals surface area contributed by atoms with Gasteiger partial charge in [0.1, 0.15) is 6.67 Å². The predicted octanol–water partition coefficient (Wildman–Crippen LogP) is -0.339. The Morgan fingerprint density at radius 2 is 1.10 bits per heavy atom. The Morgan fingerprint density at radius 3 is 1.40 bits per heavy atom. The molecule has 0 aromatic carbocycles. The van der Waals surface area contributed by atoms with Crippen LogP contribution >= 0.6 is 0 Å². The second-order valence-electron chi connectivity index (χ2n) is 5.88. The molecular weight excluding hydrogens is 260 g/mol. The van der Waals surface area contributed by atoms with E-state index in [4.69, 9.17) is 0 Å². The van der Waals surface area contributed by atoms with Crippen LogP contribution in [0.15, 0.2) is 0 Å². The summed E-state index contributed by atoms with van der Waals surface area (Å²) in [6.45, 7) is 1.57. The van der Waals surface area contributed by atoms with Crippen LogP contribution in [0.4, 0.5) is 9.59 Å². The lowest BCUT2D eigenvalue weighted by Crippen LogP contribution is -2.64. The van der Waals surface area contributed by atoms with Gasteiger partial charge in [0.2, 0.25) is 0 Å². The van der Waals surface area contributed by atoms with Crippen molar-refractivity contribution in [2.24, 2.45) is 0 Å². The summed E-state index contributed by atoms with van der Waals surface area (Å²) in [5.74, 6) is 0. The number of rotatable bonds is 6. The Hall–Kier alpha value is -1.38. The van der Waals surface area contributed by atoms with Gasteiger partial charge in [0.05, 0.1) is 20.0 Å². The molecule has 0 spiro atoms. The lowest BCUT2D eigenvalue weighted by molar-refractivity contribution is 0.0348. The van der Waals surface area contributed by atoms with E-state index in [9.17, 15) is 9.59 Å². The Balaban J connectivity index is 2.89. The minimum atomic E-state index is -0.243. The molecule has 0 aromatic heterocycles. The summed E-state index contributed by atoms with van der Waals surface area (Å²) in [5.41, 5.74) is 0. The number of carbonyl (C=O) groups excluding carboxylic acids is 2. The number of hydrogen-bond acceptors (Lipinski definition) is 5. The summed E-state index contributed by atoms with van der Waals surface area (Å²) < 4.78 is 0. The minimum Gasteiger partial charge on any atom is -0.293 e. The van der Waals surface area contributed by atoms with Crippen molar-refractivity contribution in [2.45, 2.75) is 0 Å². The van der Waals surface area contributed by atoms with Crippen molar-refractivity contribution in [2.75, 3.05) is 69.0 Å². The van der Waals surface area contributed by atoms with Gasteiger partial charge in [-0.3, -0.25) is 24.5 Å². The highest BCUT2D eigenvalue weighted by Crippen LogP contribution is 2.13. The molecule has 8 nitrogen and oxygen atoms in total. The number of imide groups is 1. The first-order valence-corrected chi connectivity index (χ1v) is 6.52. The van der Waals surface area contributed by atoms with E-state index in [0.717, 1.165) is 0 Å². The van der Waals surface area contributed by atoms with E-state index in [0.29, 0.717) is 20.0 Å². The van der Waals surface area contributed by atoms with Crippen LogP contribution in [0, 0.1) is 0 Å². The van der Waals surface area contributed by atoms with E-state index in [1.54, 1.807) is 9.80 Å². The molecule has 0 aromatic rings. The van der Waals surface area contributed by atoms with Gasteiger partial charge >= 0.3 is 12.1 Å². The van der Waals surface area contributed by atoms with E-state index in [-0.39, 0.29) is 18.7 Å². The zero-order valence-electron chi connectivity index (χ0n) is 13.3. The zero-order chi connectivity index (χ0) is 15.4. The van der Waals surface area contributed by atoms with Crippen molar-refractivity contribution >= 4 is 12.1 Å². The molecule has 4 amide bonds. The normalized spacial score (nSPS) is 17.1. The SMILES string of the molecule is CN(C)CN1CN(CN(C)C)C(=O)N(CN(C)C)C1=O. The fraction of sp³-hybridized carbons (Fsp3) is 0.833. The molecule has 1 aliphatic rings. The first-order valence-electron chi connectivity index (χ1n) is 6.52. The van der Waals surface area contributed by atoms with Crippen LogP contribution in [0.3, 0.4) is 0 Å². The smallest absolute Gasteiger partial charge is 0.293 e. The number of nitrogens with zero attached hydrogens (tertiary/aromatic N) is 6. The summed E-state index contributed by atoms with van der Waals surface area (Å²) in [5, 5.41) is 0. The molecule has 0 saturated carbocycles. The molecule has 0 radical (unpaired) electrons. The number of hydrogen-bond donors (Lipinski definition) is 0. The van der Waals surface area contributed by atoms with E-state index in [1.807, 2.05) is 57.0 Å². The van der Waals surface area contributed by atoms with Gasteiger partial charge in [0.15, 0.2) is 0 Å². The Kier molecular flexibility index (Phi) is 5.73. The van der Waals surface area contributed by atoms with Gasteiger partial charge in [0, 0.05) is 0 Å². The second-order valence-corrected chi connectivity index (χ2v) is 5.88. The first kappa shape index (κ1) is 16.7. The zero-order valence-corrected chi connectivity index (χ0v) is 13.3. The Labute approximate surface area is 121 Å². The van der Waals surface area contributed by atoms with Crippen molar-refractivity contribution in [1.82, 2.24) is 29.4 Å². The third kappa shape index (κ3) is 4.32. The molecule has 0 bridgehead atoms. The molecule has 0 atom stereocenters. The van der Waals surface area contributed by atoms with Crippen LogP contribution in [-0.2, 0) is 0 Å². The number of amides is 4. The first-order chi connectivity index (χ1) is 9.22. The van der Waals surface area contributed by atoms with Crippen LogP contribution in [-0.4, -0.2) is 110 Å². The van der Waals surface area contributed by atoms with Gasteiger partial charge < -0.3 is 0 Å². The van der Waals surface area contributed by atoms with Gasteiger partial charge in [-0.15, -0.1) is 0 Å². The molecule has 1 heterocycles. The standard InChI is InChI=1S/C12H26N6O2/c1-13(2)7-16-10-17(8-14(3)4)12(20)18(11(16)19)9-15(5)6/h7-10H2,1-6H3. The molecule has 0 N–H and O–H groups in total. The van der Waals surface area contributed by atoms with Gasteiger partial charge in [0.25, 0.3) is 0 Å². The third-order valence-corrected chi connectivity index (χ3v) is 2.68. The van der Waals surface area contributed by atoms with Crippen LogP contribution in [0.5, 0.6) is 0 Å². The van der Waals surface area contributed by atoms with Crippen LogP contribution < -0.4 is 0 Å².